The van der Waals surface area contributed by atoms with Gasteiger partial charge in [0.25, 0.3) is 11.8 Å². The number of primary amides is 1. The van der Waals surface area contributed by atoms with Gasteiger partial charge in [0.1, 0.15) is 18.2 Å². The van der Waals surface area contributed by atoms with Crippen LogP contribution in [0.2, 0.25) is 0 Å². The van der Waals surface area contributed by atoms with Crippen LogP contribution in [0.3, 0.4) is 0 Å². The average molecular weight is 457 g/mol. The molecule has 0 heterocycles. The summed E-state index contributed by atoms with van der Waals surface area (Å²) in [4.78, 5) is 23.9. The summed E-state index contributed by atoms with van der Waals surface area (Å²) >= 11 is 3.29. The van der Waals surface area contributed by atoms with E-state index < -0.39 is 5.91 Å². The predicted octanol–water partition coefficient (Wildman–Crippen LogP) is 4.20. The van der Waals surface area contributed by atoms with Crippen LogP contribution in [-0.4, -0.2) is 11.8 Å². The molecule has 0 saturated heterocycles. The van der Waals surface area contributed by atoms with Crippen molar-refractivity contribution >= 4 is 27.7 Å². The third-order valence-corrected chi connectivity index (χ3v) is 4.68. The Bertz CT molecular complexity index is 1060. The highest BCUT2D eigenvalue weighted by Gasteiger charge is 2.11. The number of ether oxygens (including phenoxy) is 1. The topological polar surface area (TPSA) is 81.4 Å². The number of benzene rings is 3. The zero-order valence-electron chi connectivity index (χ0n) is 15.3. The largest absolute Gasteiger partial charge is 0.488 e. The highest BCUT2D eigenvalue weighted by molar-refractivity contribution is 9.10. The molecule has 0 unspecified atom stereocenters. The molecule has 0 aromatic heterocycles. The quantitative estimate of drug-likeness (QED) is 0.558. The molecule has 0 saturated carbocycles. The fourth-order valence-corrected chi connectivity index (χ4v) is 3.12. The van der Waals surface area contributed by atoms with Crippen molar-refractivity contribution in [2.24, 2.45) is 5.73 Å². The molecule has 7 heteroatoms. The van der Waals surface area contributed by atoms with Crippen molar-refractivity contribution in [1.82, 2.24) is 5.32 Å². The SMILES string of the molecule is NC(=O)c1ccccc1OCc1cccc(C(=O)NCc2cc(Br)ccc2F)c1. The Morgan fingerprint density at radius 3 is 2.62 bits per heavy atom. The molecule has 148 valence electrons. The molecule has 0 fully saturated rings. The Hall–Kier alpha value is -3.19. The standard InChI is InChI=1S/C22H18BrFN2O3/c23-17-8-9-19(24)16(11-17)12-26-22(28)15-5-3-4-14(10-15)13-29-20-7-2-1-6-18(20)21(25)27/h1-11H,12-13H2,(H2,25,27)(H,26,28). The first kappa shape index (κ1) is 20.5. The van der Waals surface area contributed by atoms with E-state index >= 15 is 0 Å². The minimum absolute atomic E-state index is 0.0663. The van der Waals surface area contributed by atoms with Crippen molar-refractivity contribution in [3.05, 3.63) is 99.3 Å². The molecule has 0 atom stereocenters. The molecule has 2 amide bonds. The van der Waals surface area contributed by atoms with Crippen molar-refractivity contribution in [3.63, 3.8) is 0 Å². The van der Waals surface area contributed by atoms with E-state index in [2.05, 4.69) is 21.2 Å². The second-order valence-corrected chi connectivity index (χ2v) is 7.18. The number of hydrogen-bond donors (Lipinski definition) is 2. The van der Waals surface area contributed by atoms with E-state index in [0.717, 1.165) is 10.0 Å². The maximum Gasteiger partial charge on any atom is 0.252 e. The summed E-state index contributed by atoms with van der Waals surface area (Å²) in [6.07, 6.45) is 0. The number of carbonyl (C=O) groups excluding carboxylic acids is 2. The molecule has 0 radical (unpaired) electrons. The maximum atomic E-state index is 13.8. The fourth-order valence-electron chi connectivity index (χ4n) is 2.72. The van der Waals surface area contributed by atoms with Crippen molar-refractivity contribution in [2.45, 2.75) is 13.2 Å². The number of carbonyl (C=O) groups is 2. The molecule has 3 aromatic rings. The summed E-state index contributed by atoms with van der Waals surface area (Å²) in [6, 6.07) is 18.1. The van der Waals surface area contributed by atoms with Gasteiger partial charge in [-0.15, -0.1) is 0 Å². The summed E-state index contributed by atoms with van der Waals surface area (Å²) in [5.74, 6) is -0.916. The Kier molecular flexibility index (Phi) is 6.61. The highest BCUT2D eigenvalue weighted by atomic mass is 79.9. The van der Waals surface area contributed by atoms with Gasteiger partial charge in [0.05, 0.1) is 5.56 Å². The van der Waals surface area contributed by atoms with Gasteiger partial charge in [-0.25, -0.2) is 4.39 Å². The molecule has 5 nitrogen and oxygen atoms in total. The Morgan fingerprint density at radius 2 is 1.83 bits per heavy atom. The summed E-state index contributed by atoms with van der Waals surface area (Å²) in [7, 11) is 0. The minimum atomic E-state index is -0.575. The maximum absolute atomic E-state index is 13.8. The van der Waals surface area contributed by atoms with Gasteiger partial charge in [-0.3, -0.25) is 9.59 Å². The lowest BCUT2D eigenvalue weighted by atomic mass is 10.1. The van der Waals surface area contributed by atoms with Crippen molar-refractivity contribution < 1.29 is 18.7 Å². The molecule has 0 bridgehead atoms. The predicted molar refractivity (Wildman–Crippen MR) is 111 cm³/mol. The van der Waals surface area contributed by atoms with Crippen molar-refractivity contribution in [2.75, 3.05) is 0 Å². The van der Waals surface area contributed by atoms with Crippen LogP contribution in [0.15, 0.2) is 71.2 Å². The Balaban J connectivity index is 1.65. The van der Waals surface area contributed by atoms with Crippen LogP contribution < -0.4 is 15.8 Å². The molecule has 3 aromatic carbocycles. The van der Waals surface area contributed by atoms with Gasteiger partial charge in [0, 0.05) is 22.1 Å². The summed E-state index contributed by atoms with van der Waals surface area (Å²) in [6.45, 7) is 0.225. The van der Waals surface area contributed by atoms with Gasteiger partial charge in [0.15, 0.2) is 0 Å². The first-order valence-corrected chi connectivity index (χ1v) is 9.56. The molecule has 3 N–H and O–H groups in total. The number of amides is 2. The van der Waals surface area contributed by atoms with Crippen molar-refractivity contribution in [3.8, 4) is 5.75 Å². The molecule has 0 aliphatic heterocycles. The van der Waals surface area contributed by atoms with E-state index in [1.165, 1.54) is 6.07 Å². The molecular weight excluding hydrogens is 439 g/mol. The third-order valence-electron chi connectivity index (χ3n) is 4.18. The zero-order valence-corrected chi connectivity index (χ0v) is 16.9. The first-order chi connectivity index (χ1) is 13.9. The van der Waals surface area contributed by atoms with E-state index in [4.69, 9.17) is 10.5 Å². The zero-order chi connectivity index (χ0) is 20.8. The van der Waals surface area contributed by atoms with Crippen molar-refractivity contribution in [1.29, 1.82) is 0 Å². The van der Waals surface area contributed by atoms with Gasteiger partial charge in [0.2, 0.25) is 0 Å². The molecule has 29 heavy (non-hydrogen) atoms. The number of nitrogens with two attached hydrogens (primary N) is 1. The van der Waals surface area contributed by atoms with E-state index in [1.807, 2.05) is 0 Å². The van der Waals surface area contributed by atoms with Gasteiger partial charge in [-0.2, -0.15) is 0 Å². The summed E-state index contributed by atoms with van der Waals surface area (Å²) in [5, 5.41) is 2.71. The number of rotatable bonds is 7. The van der Waals surface area contributed by atoms with Crippen LogP contribution >= 0.6 is 15.9 Å². The molecule has 0 aliphatic rings. The molecular formula is C22H18BrFN2O3. The van der Waals surface area contributed by atoms with Gasteiger partial charge < -0.3 is 15.8 Å². The van der Waals surface area contributed by atoms with E-state index in [-0.39, 0.29) is 30.4 Å². The van der Waals surface area contributed by atoms with Gasteiger partial charge >= 0.3 is 0 Å². The number of para-hydroxylation sites is 1. The summed E-state index contributed by atoms with van der Waals surface area (Å²) < 4.78 is 20.2. The van der Waals surface area contributed by atoms with E-state index in [1.54, 1.807) is 60.7 Å². The monoisotopic (exact) mass is 456 g/mol. The van der Waals surface area contributed by atoms with Gasteiger partial charge in [-0.1, -0.05) is 40.2 Å². The highest BCUT2D eigenvalue weighted by Crippen LogP contribution is 2.19. The second kappa shape index (κ2) is 9.34. The van der Waals surface area contributed by atoms with Crippen LogP contribution in [0.1, 0.15) is 31.8 Å². The van der Waals surface area contributed by atoms with Crippen LogP contribution in [-0.2, 0) is 13.2 Å². The van der Waals surface area contributed by atoms with Crippen LogP contribution in [0.25, 0.3) is 0 Å². The lowest BCUT2D eigenvalue weighted by molar-refractivity contribution is 0.0949. The summed E-state index contributed by atoms with van der Waals surface area (Å²) in [5.41, 5.74) is 7.18. The third kappa shape index (κ3) is 5.42. The van der Waals surface area contributed by atoms with E-state index in [0.29, 0.717) is 16.9 Å². The number of nitrogens with one attached hydrogen (secondary N) is 1. The Labute approximate surface area is 175 Å². The van der Waals surface area contributed by atoms with Gasteiger partial charge in [-0.05, 0) is 48.0 Å². The molecule has 0 aliphatic carbocycles. The van der Waals surface area contributed by atoms with Crippen LogP contribution in [0.4, 0.5) is 4.39 Å². The normalized spacial score (nSPS) is 10.4. The first-order valence-electron chi connectivity index (χ1n) is 8.77. The average Bonchev–Trinajstić information content (AvgIpc) is 2.73. The fraction of sp³-hybridized carbons (Fsp3) is 0.0909. The second-order valence-electron chi connectivity index (χ2n) is 6.27. The Morgan fingerprint density at radius 1 is 1.03 bits per heavy atom. The minimum Gasteiger partial charge on any atom is -0.488 e. The molecule has 0 spiro atoms. The smallest absolute Gasteiger partial charge is 0.252 e. The van der Waals surface area contributed by atoms with E-state index in [9.17, 15) is 14.0 Å². The lowest BCUT2D eigenvalue weighted by Crippen LogP contribution is -2.23. The van der Waals surface area contributed by atoms with Crippen LogP contribution in [0.5, 0.6) is 5.75 Å². The van der Waals surface area contributed by atoms with Crippen LogP contribution in [0, 0.1) is 5.82 Å². The lowest BCUT2D eigenvalue weighted by Gasteiger charge is -2.11. The number of halogens is 2. The molecule has 3 rings (SSSR count). The number of hydrogen-bond acceptors (Lipinski definition) is 3.